The zero-order valence-electron chi connectivity index (χ0n) is 14.3. The third-order valence-electron chi connectivity index (χ3n) is 3.70. The first-order valence-corrected chi connectivity index (χ1v) is 8.02. The third kappa shape index (κ3) is 6.64. The number of aliphatic hydroxyl groups is 1. The molecule has 1 fully saturated rings. The molecule has 23 heavy (non-hydrogen) atoms. The minimum Gasteiger partial charge on any atom is -0.391 e. The van der Waals surface area contributed by atoms with Crippen molar-refractivity contribution in [3.63, 3.8) is 0 Å². The molecule has 0 spiro atoms. The van der Waals surface area contributed by atoms with Gasteiger partial charge in [-0.3, -0.25) is 0 Å². The zero-order valence-corrected chi connectivity index (χ0v) is 16.7. The summed E-state index contributed by atoms with van der Waals surface area (Å²) < 4.78 is 0. The molecule has 130 valence electrons. The van der Waals surface area contributed by atoms with Crippen molar-refractivity contribution in [2.75, 3.05) is 33.7 Å². The van der Waals surface area contributed by atoms with Gasteiger partial charge in [0.25, 0.3) is 0 Å². The largest absolute Gasteiger partial charge is 0.391 e. The van der Waals surface area contributed by atoms with Gasteiger partial charge >= 0.3 is 0 Å². The van der Waals surface area contributed by atoms with E-state index in [1.165, 1.54) is 11.1 Å². The Morgan fingerprint density at radius 1 is 1.39 bits per heavy atom. The number of rotatable bonds is 5. The van der Waals surface area contributed by atoms with Gasteiger partial charge in [0.15, 0.2) is 5.96 Å². The summed E-state index contributed by atoms with van der Waals surface area (Å²) in [7, 11) is 4.15. The van der Waals surface area contributed by atoms with Crippen LogP contribution >= 0.6 is 24.0 Å². The van der Waals surface area contributed by atoms with Gasteiger partial charge in [0.05, 0.1) is 12.6 Å². The summed E-state index contributed by atoms with van der Waals surface area (Å²) >= 11 is 0. The van der Waals surface area contributed by atoms with Crippen LogP contribution in [-0.4, -0.2) is 60.7 Å². The van der Waals surface area contributed by atoms with Gasteiger partial charge in [-0.05, 0) is 38.6 Å². The fraction of sp³-hybridized carbons (Fsp3) is 0.588. The lowest BCUT2D eigenvalue weighted by molar-refractivity contribution is 0.188. The summed E-state index contributed by atoms with van der Waals surface area (Å²) in [5.74, 6) is 0.900. The lowest BCUT2D eigenvalue weighted by atomic mass is 10.1. The molecule has 0 saturated carbocycles. The Kier molecular flexibility index (Phi) is 8.86. The molecule has 0 aromatic heterocycles. The van der Waals surface area contributed by atoms with E-state index < -0.39 is 0 Å². The van der Waals surface area contributed by atoms with Gasteiger partial charge in [0.2, 0.25) is 0 Å². The second-order valence-electron chi connectivity index (χ2n) is 6.12. The number of hydrogen-bond donors (Lipinski definition) is 2. The molecular formula is C17H29IN4O. The van der Waals surface area contributed by atoms with Gasteiger partial charge in [0, 0.05) is 26.2 Å². The van der Waals surface area contributed by atoms with Crippen LogP contribution in [0.15, 0.2) is 29.3 Å². The monoisotopic (exact) mass is 432 g/mol. The molecule has 1 aromatic carbocycles. The van der Waals surface area contributed by atoms with E-state index in [2.05, 4.69) is 60.4 Å². The van der Waals surface area contributed by atoms with E-state index in [-0.39, 0.29) is 30.1 Å². The highest BCUT2D eigenvalue weighted by atomic mass is 127. The molecule has 5 nitrogen and oxygen atoms in total. The SMILES string of the molecule is CCNC(=NCc1cccc(CN(C)C)c1)N1CC[C@@H](O)C1.I. The number of aliphatic hydroxyl groups excluding tert-OH is 1. The van der Waals surface area contributed by atoms with E-state index in [0.717, 1.165) is 32.0 Å². The van der Waals surface area contributed by atoms with E-state index in [1.807, 2.05) is 0 Å². The minimum absolute atomic E-state index is 0. The van der Waals surface area contributed by atoms with E-state index >= 15 is 0 Å². The topological polar surface area (TPSA) is 51.1 Å². The van der Waals surface area contributed by atoms with Crippen molar-refractivity contribution in [2.24, 2.45) is 4.99 Å². The number of benzene rings is 1. The lowest BCUT2D eigenvalue weighted by Gasteiger charge is -2.21. The number of nitrogens with one attached hydrogen (secondary N) is 1. The number of nitrogens with zero attached hydrogens (tertiary/aromatic N) is 3. The first kappa shape index (κ1) is 20.2. The molecule has 1 aliphatic rings. The highest BCUT2D eigenvalue weighted by Gasteiger charge is 2.22. The van der Waals surface area contributed by atoms with Crippen molar-refractivity contribution in [3.8, 4) is 0 Å². The predicted octanol–water partition coefficient (Wildman–Crippen LogP) is 1.90. The number of β-amino-alcohol motifs (C(OH)–C–C–N with tert-alkyl or cyclic N) is 1. The molecule has 1 aliphatic heterocycles. The molecule has 0 unspecified atom stereocenters. The molecule has 0 bridgehead atoms. The maximum atomic E-state index is 9.69. The van der Waals surface area contributed by atoms with Crippen molar-refractivity contribution in [2.45, 2.75) is 32.5 Å². The second-order valence-corrected chi connectivity index (χ2v) is 6.12. The first-order chi connectivity index (χ1) is 10.6. The van der Waals surface area contributed by atoms with E-state index in [0.29, 0.717) is 13.1 Å². The van der Waals surface area contributed by atoms with Crippen LogP contribution in [-0.2, 0) is 13.1 Å². The first-order valence-electron chi connectivity index (χ1n) is 8.02. The Balaban J connectivity index is 0.00000264. The van der Waals surface area contributed by atoms with Crippen LogP contribution in [0.3, 0.4) is 0 Å². The van der Waals surface area contributed by atoms with Crippen LogP contribution in [0.1, 0.15) is 24.5 Å². The predicted molar refractivity (Wildman–Crippen MR) is 106 cm³/mol. The van der Waals surface area contributed by atoms with E-state index in [4.69, 9.17) is 4.99 Å². The van der Waals surface area contributed by atoms with Gasteiger partial charge in [-0.1, -0.05) is 24.3 Å². The summed E-state index contributed by atoms with van der Waals surface area (Å²) in [6, 6.07) is 8.57. The van der Waals surface area contributed by atoms with Gasteiger partial charge in [-0.15, -0.1) is 24.0 Å². The third-order valence-corrected chi connectivity index (χ3v) is 3.70. The Labute approximate surface area is 156 Å². The number of guanidine groups is 1. The number of aliphatic imine (C=N–C) groups is 1. The molecule has 1 atom stereocenters. The minimum atomic E-state index is -0.229. The van der Waals surface area contributed by atoms with Crippen LogP contribution in [0.4, 0.5) is 0 Å². The smallest absolute Gasteiger partial charge is 0.194 e. The summed E-state index contributed by atoms with van der Waals surface area (Å²) in [5.41, 5.74) is 2.52. The van der Waals surface area contributed by atoms with Crippen molar-refractivity contribution in [1.82, 2.24) is 15.1 Å². The second kappa shape index (κ2) is 10.1. The average Bonchev–Trinajstić information content (AvgIpc) is 2.89. The molecule has 0 amide bonds. The lowest BCUT2D eigenvalue weighted by Crippen LogP contribution is -2.40. The molecule has 1 saturated heterocycles. The molecule has 2 rings (SSSR count). The van der Waals surface area contributed by atoms with Crippen molar-refractivity contribution >= 4 is 29.9 Å². The summed E-state index contributed by atoms with van der Waals surface area (Å²) in [6.45, 7) is 6.05. The maximum absolute atomic E-state index is 9.69. The Morgan fingerprint density at radius 3 is 2.74 bits per heavy atom. The fourth-order valence-corrected chi connectivity index (χ4v) is 2.72. The van der Waals surface area contributed by atoms with Crippen LogP contribution in [0.2, 0.25) is 0 Å². The normalized spacial score (nSPS) is 18.2. The Hall–Kier alpha value is -0.860. The fourth-order valence-electron chi connectivity index (χ4n) is 2.72. The van der Waals surface area contributed by atoms with Crippen LogP contribution in [0, 0.1) is 0 Å². The molecule has 0 aliphatic carbocycles. The Morgan fingerprint density at radius 2 is 2.13 bits per heavy atom. The molecule has 2 N–H and O–H groups in total. The number of halogens is 1. The van der Waals surface area contributed by atoms with Gasteiger partial charge < -0.3 is 20.2 Å². The zero-order chi connectivity index (χ0) is 15.9. The highest BCUT2D eigenvalue weighted by molar-refractivity contribution is 14.0. The number of likely N-dealkylation sites (tertiary alicyclic amines) is 1. The molecule has 1 aromatic rings. The van der Waals surface area contributed by atoms with Crippen LogP contribution < -0.4 is 5.32 Å². The van der Waals surface area contributed by atoms with Crippen molar-refractivity contribution in [3.05, 3.63) is 35.4 Å². The average molecular weight is 432 g/mol. The number of hydrogen-bond acceptors (Lipinski definition) is 3. The molecule has 1 heterocycles. The highest BCUT2D eigenvalue weighted by Crippen LogP contribution is 2.11. The summed E-state index contributed by atoms with van der Waals surface area (Å²) in [5, 5.41) is 13.0. The van der Waals surface area contributed by atoms with Gasteiger partial charge in [0.1, 0.15) is 0 Å². The summed E-state index contributed by atoms with van der Waals surface area (Å²) in [6.07, 6.45) is 0.593. The van der Waals surface area contributed by atoms with Crippen molar-refractivity contribution in [1.29, 1.82) is 0 Å². The van der Waals surface area contributed by atoms with Gasteiger partial charge in [-0.25, -0.2) is 4.99 Å². The van der Waals surface area contributed by atoms with E-state index in [1.54, 1.807) is 0 Å². The molecular weight excluding hydrogens is 403 g/mol. The van der Waals surface area contributed by atoms with Crippen LogP contribution in [0.25, 0.3) is 0 Å². The van der Waals surface area contributed by atoms with Crippen LogP contribution in [0.5, 0.6) is 0 Å². The van der Waals surface area contributed by atoms with Crippen molar-refractivity contribution < 1.29 is 5.11 Å². The molecule has 0 radical (unpaired) electrons. The maximum Gasteiger partial charge on any atom is 0.194 e. The standard InChI is InChI=1S/C17H28N4O.HI/c1-4-18-17(21-9-8-16(22)13-21)19-11-14-6-5-7-15(10-14)12-20(2)3;/h5-7,10,16,22H,4,8-9,11-13H2,1-3H3,(H,18,19);1H/t16-;/m1./s1. The van der Waals surface area contributed by atoms with E-state index in [9.17, 15) is 5.11 Å². The molecule has 6 heteroatoms. The van der Waals surface area contributed by atoms with Gasteiger partial charge in [-0.2, -0.15) is 0 Å². The quantitative estimate of drug-likeness (QED) is 0.424. The Bertz CT molecular complexity index is 507. The summed E-state index contributed by atoms with van der Waals surface area (Å²) in [4.78, 5) is 9.03.